The van der Waals surface area contributed by atoms with Gasteiger partial charge in [0.25, 0.3) is 0 Å². The van der Waals surface area contributed by atoms with Crippen molar-refractivity contribution in [3.8, 4) is 5.75 Å². The molecule has 112 valence electrons. The molecule has 0 amide bonds. The Labute approximate surface area is 123 Å². The number of fused-ring (bicyclic) bond motifs is 1. The molecule has 2 rings (SSSR count). The number of rotatable bonds is 8. The number of nitrogens with two attached hydrogens (primary N) is 1. The Bertz CT molecular complexity index is 415. The third-order valence-electron chi connectivity index (χ3n) is 4.32. The zero-order valence-corrected chi connectivity index (χ0v) is 12.9. The molecule has 0 radical (unpaired) electrons. The maximum atomic E-state index is 5.76. The number of hydrogen-bond donors (Lipinski definition) is 1. The highest BCUT2D eigenvalue weighted by Gasteiger charge is 2.15. The Hall–Kier alpha value is -1.06. The summed E-state index contributed by atoms with van der Waals surface area (Å²) in [5.41, 5.74) is 8.55. The molecule has 0 aliphatic carbocycles. The minimum Gasteiger partial charge on any atom is -0.493 e. The van der Waals surface area contributed by atoms with E-state index in [2.05, 4.69) is 36.9 Å². The molecular weight excluding hydrogens is 248 g/mol. The van der Waals surface area contributed by atoms with Crippen LogP contribution >= 0.6 is 0 Å². The second-order valence-electron chi connectivity index (χ2n) is 5.59. The first-order valence-corrected chi connectivity index (χ1v) is 7.97. The molecule has 0 unspecified atom stereocenters. The fraction of sp³-hybridized carbons (Fsp3) is 0.647. The minimum atomic E-state index is 0.663. The molecular formula is C17H28N2O. The van der Waals surface area contributed by atoms with Gasteiger partial charge in [-0.25, -0.2) is 0 Å². The van der Waals surface area contributed by atoms with Crippen molar-refractivity contribution >= 4 is 0 Å². The molecule has 1 aromatic rings. The lowest BCUT2D eigenvalue weighted by molar-refractivity contribution is 0.193. The van der Waals surface area contributed by atoms with Crippen LogP contribution in [0.2, 0.25) is 0 Å². The van der Waals surface area contributed by atoms with E-state index in [4.69, 9.17) is 10.5 Å². The number of ether oxygens (including phenoxy) is 1. The Morgan fingerprint density at radius 3 is 2.75 bits per heavy atom. The molecule has 2 N–H and O–H groups in total. The number of nitrogens with zero attached hydrogens (tertiary/aromatic N) is 1. The monoisotopic (exact) mass is 276 g/mol. The van der Waals surface area contributed by atoms with Crippen molar-refractivity contribution in [2.75, 3.05) is 26.2 Å². The number of hydrogen-bond acceptors (Lipinski definition) is 3. The van der Waals surface area contributed by atoms with Gasteiger partial charge in [-0.15, -0.1) is 0 Å². The van der Waals surface area contributed by atoms with Crippen LogP contribution in [0.3, 0.4) is 0 Å². The lowest BCUT2D eigenvalue weighted by atomic mass is 10.0. The molecule has 0 bridgehead atoms. The predicted molar refractivity (Wildman–Crippen MR) is 84.3 cm³/mol. The average Bonchev–Trinajstić information content (AvgIpc) is 2.93. The summed E-state index contributed by atoms with van der Waals surface area (Å²) in [7, 11) is 0. The van der Waals surface area contributed by atoms with Crippen LogP contribution in [-0.4, -0.2) is 37.2 Å². The second-order valence-corrected chi connectivity index (χ2v) is 5.59. The van der Waals surface area contributed by atoms with Gasteiger partial charge in [0.1, 0.15) is 5.75 Å². The van der Waals surface area contributed by atoms with Crippen LogP contribution in [0, 0.1) is 0 Å². The Morgan fingerprint density at radius 2 is 2.05 bits per heavy atom. The highest BCUT2D eigenvalue weighted by molar-refractivity contribution is 5.39. The van der Waals surface area contributed by atoms with Crippen LogP contribution in [0.1, 0.15) is 37.8 Å². The molecule has 0 spiro atoms. The van der Waals surface area contributed by atoms with E-state index in [9.17, 15) is 0 Å². The first kappa shape index (κ1) is 15.3. The van der Waals surface area contributed by atoms with Gasteiger partial charge < -0.3 is 10.5 Å². The van der Waals surface area contributed by atoms with Crippen LogP contribution in [0.25, 0.3) is 0 Å². The summed E-state index contributed by atoms with van der Waals surface area (Å²) in [4.78, 5) is 2.55. The van der Waals surface area contributed by atoms with Crippen molar-refractivity contribution in [2.24, 2.45) is 5.73 Å². The van der Waals surface area contributed by atoms with Crippen molar-refractivity contribution < 1.29 is 4.74 Å². The molecule has 1 heterocycles. The number of benzene rings is 1. The summed E-state index contributed by atoms with van der Waals surface area (Å²) in [6.07, 6.45) is 4.56. The Morgan fingerprint density at radius 1 is 1.25 bits per heavy atom. The molecule has 0 saturated carbocycles. The Balaban J connectivity index is 1.94. The highest BCUT2D eigenvalue weighted by Crippen LogP contribution is 2.26. The first-order chi connectivity index (χ1) is 9.78. The average molecular weight is 276 g/mol. The predicted octanol–water partition coefficient (Wildman–Crippen LogP) is 2.61. The molecule has 3 heteroatoms. The van der Waals surface area contributed by atoms with Crippen molar-refractivity contribution in [1.29, 1.82) is 0 Å². The smallest absolute Gasteiger partial charge is 0.122 e. The summed E-state index contributed by atoms with van der Waals surface area (Å²) in [6, 6.07) is 7.31. The molecule has 20 heavy (non-hydrogen) atoms. The van der Waals surface area contributed by atoms with E-state index in [0.29, 0.717) is 6.04 Å². The van der Waals surface area contributed by atoms with Gasteiger partial charge in [0.15, 0.2) is 0 Å². The molecule has 0 saturated heterocycles. The highest BCUT2D eigenvalue weighted by atomic mass is 16.5. The van der Waals surface area contributed by atoms with E-state index >= 15 is 0 Å². The largest absolute Gasteiger partial charge is 0.493 e. The van der Waals surface area contributed by atoms with E-state index in [-0.39, 0.29) is 0 Å². The molecule has 3 nitrogen and oxygen atoms in total. The van der Waals surface area contributed by atoms with Crippen LogP contribution in [0.5, 0.6) is 5.75 Å². The van der Waals surface area contributed by atoms with E-state index in [1.807, 2.05) is 0 Å². The fourth-order valence-electron chi connectivity index (χ4n) is 3.12. The standard InChI is InChI=1S/C17H28N2O/c1-3-16(4-2)19(11-9-18)10-7-14-5-6-17-15(13-14)8-12-20-17/h5-6,13,16H,3-4,7-12,18H2,1-2H3. The van der Waals surface area contributed by atoms with E-state index in [1.165, 1.54) is 24.0 Å². The van der Waals surface area contributed by atoms with Gasteiger partial charge >= 0.3 is 0 Å². The zero-order chi connectivity index (χ0) is 14.4. The topological polar surface area (TPSA) is 38.5 Å². The zero-order valence-electron chi connectivity index (χ0n) is 12.9. The lowest BCUT2D eigenvalue weighted by Crippen LogP contribution is -2.39. The van der Waals surface area contributed by atoms with Crippen molar-refractivity contribution in [2.45, 2.75) is 45.6 Å². The van der Waals surface area contributed by atoms with E-state index < -0.39 is 0 Å². The SMILES string of the molecule is CCC(CC)N(CCN)CCc1ccc2c(c1)CCO2. The van der Waals surface area contributed by atoms with Crippen molar-refractivity contribution in [3.63, 3.8) is 0 Å². The third-order valence-corrected chi connectivity index (χ3v) is 4.32. The first-order valence-electron chi connectivity index (χ1n) is 7.97. The van der Waals surface area contributed by atoms with E-state index in [0.717, 1.165) is 44.8 Å². The van der Waals surface area contributed by atoms with Gasteiger partial charge in [-0.2, -0.15) is 0 Å². The summed E-state index contributed by atoms with van der Waals surface area (Å²) in [5, 5.41) is 0. The molecule has 1 aliphatic rings. The summed E-state index contributed by atoms with van der Waals surface area (Å²) >= 11 is 0. The summed E-state index contributed by atoms with van der Waals surface area (Å²) in [5.74, 6) is 1.08. The van der Waals surface area contributed by atoms with Gasteiger partial charge in [0, 0.05) is 32.1 Å². The maximum absolute atomic E-state index is 5.76. The molecule has 0 atom stereocenters. The van der Waals surface area contributed by atoms with Gasteiger partial charge in [0.2, 0.25) is 0 Å². The van der Waals surface area contributed by atoms with Crippen molar-refractivity contribution in [3.05, 3.63) is 29.3 Å². The van der Waals surface area contributed by atoms with Crippen molar-refractivity contribution in [1.82, 2.24) is 4.90 Å². The van der Waals surface area contributed by atoms with Crippen LogP contribution < -0.4 is 10.5 Å². The molecule has 0 aromatic heterocycles. The molecule has 1 aliphatic heterocycles. The lowest BCUT2D eigenvalue weighted by Gasteiger charge is -2.30. The normalized spacial score (nSPS) is 13.8. The van der Waals surface area contributed by atoms with E-state index in [1.54, 1.807) is 0 Å². The minimum absolute atomic E-state index is 0.663. The van der Waals surface area contributed by atoms with Gasteiger partial charge in [-0.1, -0.05) is 26.0 Å². The second kappa shape index (κ2) is 7.65. The van der Waals surface area contributed by atoms with Gasteiger partial charge in [0.05, 0.1) is 6.61 Å². The Kier molecular flexibility index (Phi) is 5.86. The van der Waals surface area contributed by atoms with Crippen LogP contribution in [0.15, 0.2) is 18.2 Å². The fourth-order valence-corrected chi connectivity index (χ4v) is 3.12. The molecule has 0 fully saturated rings. The van der Waals surface area contributed by atoms with Crippen LogP contribution in [-0.2, 0) is 12.8 Å². The molecule has 1 aromatic carbocycles. The maximum Gasteiger partial charge on any atom is 0.122 e. The summed E-state index contributed by atoms with van der Waals surface area (Å²) in [6.45, 7) is 8.22. The quantitative estimate of drug-likeness (QED) is 0.793. The third kappa shape index (κ3) is 3.74. The summed E-state index contributed by atoms with van der Waals surface area (Å²) < 4.78 is 5.56. The van der Waals surface area contributed by atoms with Gasteiger partial charge in [-0.3, -0.25) is 4.90 Å². The van der Waals surface area contributed by atoms with Gasteiger partial charge in [-0.05, 0) is 36.5 Å². The van der Waals surface area contributed by atoms with Crippen LogP contribution in [0.4, 0.5) is 0 Å².